The molecule has 0 saturated carbocycles. The van der Waals surface area contributed by atoms with Crippen LogP contribution in [0.2, 0.25) is 0 Å². The van der Waals surface area contributed by atoms with E-state index in [0.29, 0.717) is 12.4 Å². The fraction of sp³-hybridized carbons (Fsp3) is 0.429. The largest absolute Gasteiger partial charge is 0.389 e. The molecule has 0 aliphatic heterocycles. The topological polar surface area (TPSA) is 79.1 Å². The van der Waals surface area contributed by atoms with Gasteiger partial charge in [0.25, 0.3) is 0 Å². The van der Waals surface area contributed by atoms with E-state index in [1.54, 1.807) is 11.9 Å². The Hall–Kier alpha value is -1.28. The van der Waals surface area contributed by atoms with Crippen LogP contribution in [0.3, 0.4) is 0 Å². The second kappa shape index (κ2) is 4.57. The molecule has 0 radical (unpaired) electrons. The van der Waals surface area contributed by atoms with Crippen LogP contribution >= 0.6 is 12.2 Å². The molecule has 0 aliphatic rings. The normalized spacial score (nSPS) is 11.4. The van der Waals surface area contributed by atoms with Crippen LogP contribution < -0.4 is 11.5 Å². The van der Waals surface area contributed by atoms with Crippen LogP contribution in [0.1, 0.15) is 6.92 Å². The minimum Gasteiger partial charge on any atom is -0.389 e. The molecule has 0 aliphatic carbocycles. The standard InChI is InChI=1S/C7H12N4S/c1-3-11(2)6(9)5(4-8)7(10)12/h3,9H2,1-2H3,(H2,10,12)/b6-5-. The zero-order valence-corrected chi connectivity index (χ0v) is 7.98. The van der Waals surface area contributed by atoms with Gasteiger partial charge in [0.15, 0.2) is 0 Å². The summed E-state index contributed by atoms with van der Waals surface area (Å²) >= 11 is 4.65. The molecule has 0 spiro atoms. The van der Waals surface area contributed by atoms with Gasteiger partial charge in [0.2, 0.25) is 0 Å². The third-order valence-corrected chi connectivity index (χ3v) is 1.70. The molecule has 0 atom stereocenters. The lowest BCUT2D eigenvalue weighted by atomic mass is 10.3. The van der Waals surface area contributed by atoms with Crippen LogP contribution in [-0.2, 0) is 0 Å². The van der Waals surface area contributed by atoms with Crippen molar-refractivity contribution in [2.45, 2.75) is 6.92 Å². The highest BCUT2D eigenvalue weighted by Gasteiger charge is 2.08. The van der Waals surface area contributed by atoms with Crippen molar-refractivity contribution in [2.75, 3.05) is 13.6 Å². The molecule has 66 valence electrons. The summed E-state index contributed by atoms with van der Waals surface area (Å²) < 4.78 is 0. The Bertz CT molecular complexity index is 251. The van der Waals surface area contributed by atoms with Gasteiger partial charge in [0.1, 0.15) is 22.5 Å². The van der Waals surface area contributed by atoms with Crippen molar-refractivity contribution in [2.24, 2.45) is 11.5 Å². The van der Waals surface area contributed by atoms with Crippen molar-refractivity contribution in [1.29, 1.82) is 5.26 Å². The third-order valence-electron chi connectivity index (χ3n) is 1.50. The molecule has 12 heavy (non-hydrogen) atoms. The number of hydrogen-bond donors (Lipinski definition) is 2. The molecule has 4 N–H and O–H groups in total. The minimum absolute atomic E-state index is 0.0373. The van der Waals surface area contributed by atoms with Crippen LogP contribution in [0.5, 0.6) is 0 Å². The molecule has 0 aromatic rings. The van der Waals surface area contributed by atoms with Crippen LogP contribution in [-0.4, -0.2) is 23.5 Å². The molecule has 4 nitrogen and oxygen atoms in total. The van der Waals surface area contributed by atoms with Gasteiger partial charge in [-0.25, -0.2) is 0 Å². The lowest BCUT2D eigenvalue weighted by Gasteiger charge is -2.17. The highest BCUT2D eigenvalue weighted by molar-refractivity contribution is 7.80. The van der Waals surface area contributed by atoms with Crippen molar-refractivity contribution in [3.63, 3.8) is 0 Å². The van der Waals surface area contributed by atoms with E-state index in [2.05, 4.69) is 12.2 Å². The summed E-state index contributed by atoms with van der Waals surface area (Å²) in [6.07, 6.45) is 0. The number of nitrogens with zero attached hydrogens (tertiary/aromatic N) is 2. The molecule has 5 heteroatoms. The minimum atomic E-state index is 0.0373. The zero-order chi connectivity index (χ0) is 9.72. The number of thiocarbonyl (C=S) groups is 1. The van der Waals surface area contributed by atoms with Crippen molar-refractivity contribution in [3.05, 3.63) is 11.4 Å². The van der Waals surface area contributed by atoms with Gasteiger partial charge in [0.05, 0.1) is 0 Å². The van der Waals surface area contributed by atoms with Gasteiger partial charge in [-0.3, -0.25) is 0 Å². The summed E-state index contributed by atoms with van der Waals surface area (Å²) in [5, 5.41) is 8.63. The predicted molar refractivity (Wildman–Crippen MR) is 51.9 cm³/mol. The highest BCUT2D eigenvalue weighted by Crippen LogP contribution is 2.01. The number of nitrogens with two attached hydrogens (primary N) is 2. The van der Waals surface area contributed by atoms with Gasteiger partial charge < -0.3 is 16.4 Å². The van der Waals surface area contributed by atoms with E-state index >= 15 is 0 Å². The lowest BCUT2D eigenvalue weighted by molar-refractivity contribution is 0.435. The SMILES string of the molecule is CCN(C)/C(N)=C(/C#N)C(N)=S. The summed E-state index contributed by atoms with van der Waals surface area (Å²) in [6.45, 7) is 2.63. The van der Waals surface area contributed by atoms with E-state index in [1.165, 1.54) is 0 Å². The second-order valence-electron chi connectivity index (χ2n) is 2.25. The Morgan fingerprint density at radius 2 is 2.08 bits per heavy atom. The van der Waals surface area contributed by atoms with Crippen LogP contribution in [0.15, 0.2) is 11.4 Å². The van der Waals surface area contributed by atoms with Crippen molar-refractivity contribution < 1.29 is 0 Å². The maximum Gasteiger partial charge on any atom is 0.126 e. The average Bonchev–Trinajstić information content (AvgIpc) is 2.03. The molecule has 0 fully saturated rings. The van der Waals surface area contributed by atoms with Gasteiger partial charge in [-0.1, -0.05) is 12.2 Å². The molecule has 0 amide bonds. The molecule has 0 saturated heterocycles. The molecular weight excluding hydrogens is 172 g/mol. The van der Waals surface area contributed by atoms with E-state index in [1.807, 2.05) is 13.0 Å². The van der Waals surface area contributed by atoms with Crippen molar-refractivity contribution in [3.8, 4) is 6.07 Å². The average molecular weight is 184 g/mol. The molecule has 0 unspecified atom stereocenters. The first-order valence-corrected chi connectivity index (χ1v) is 3.86. The van der Waals surface area contributed by atoms with Gasteiger partial charge in [0, 0.05) is 13.6 Å². The smallest absolute Gasteiger partial charge is 0.126 e. The van der Waals surface area contributed by atoms with Crippen molar-refractivity contribution in [1.82, 2.24) is 4.90 Å². The summed E-state index contributed by atoms with van der Waals surface area (Å²) in [5.74, 6) is 0.326. The number of nitriles is 1. The molecular formula is C7H12N4S. The Kier molecular flexibility index (Phi) is 4.08. The van der Waals surface area contributed by atoms with E-state index in [4.69, 9.17) is 16.7 Å². The Labute approximate surface area is 77.4 Å². The number of rotatable bonds is 3. The van der Waals surface area contributed by atoms with E-state index in [-0.39, 0.29) is 10.6 Å². The molecule has 0 heterocycles. The number of hydrogen-bond acceptors (Lipinski definition) is 4. The highest BCUT2D eigenvalue weighted by atomic mass is 32.1. The summed E-state index contributed by atoms with van der Waals surface area (Å²) in [7, 11) is 1.77. The van der Waals surface area contributed by atoms with E-state index in [9.17, 15) is 0 Å². The Morgan fingerprint density at radius 3 is 2.33 bits per heavy atom. The van der Waals surface area contributed by atoms with E-state index < -0.39 is 0 Å². The van der Waals surface area contributed by atoms with Crippen LogP contribution in [0.25, 0.3) is 0 Å². The maximum atomic E-state index is 8.63. The van der Waals surface area contributed by atoms with Crippen molar-refractivity contribution >= 4 is 17.2 Å². The summed E-state index contributed by atoms with van der Waals surface area (Å²) in [5.41, 5.74) is 11.1. The van der Waals surface area contributed by atoms with E-state index in [0.717, 1.165) is 0 Å². The van der Waals surface area contributed by atoms with Gasteiger partial charge in [-0.05, 0) is 6.92 Å². The predicted octanol–water partition coefficient (Wildman–Crippen LogP) is -0.0819. The second-order valence-corrected chi connectivity index (χ2v) is 2.69. The van der Waals surface area contributed by atoms with Crippen LogP contribution in [0, 0.1) is 11.3 Å². The fourth-order valence-corrected chi connectivity index (χ4v) is 0.750. The molecule has 0 bridgehead atoms. The van der Waals surface area contributed by atoms with Gasteiger partial charge >= 0.3 is 0 Å². The lowest BCUT2D eigenvalue weighted by Crippen LogP contribution is -2.28. The quantitative estimate of drug-likeness (QED) is 0.364. The zero-order valence-electron chi connectivity index (χ0n) is 7.16. The molecule has 0 rings (SSSR count). The first-order valence-electron chi connectivity index (χ1n) is 3.45. The Balaban J connectivity index is 4.88. The summed E-state index contributed by atoms with van der Waals surface area (Å²) in [6, 6.07) is 1.86. The molecule has 0 aromatic heterocycles. The maximum absolute atomic E-state index is 8.63. The van der Waals surface area contributed by atoms with Gasteiger partial charge in [-0.15, -0.1) is 0 Å². The first-order chi connectivity index (χ1) is 5.54. The molecule has 0 aromatic carbocycles. The van der Waals surface area contributed by atoms with Crippen LogP contribution in [0.4, 0.5) is 0 Å². The Morgan fingerprint density at radius 1 is 1.58 bits per heavy atom. The first kappa shape index (κ1) is 10.7. The summed E-state index contributed by atoms with van der Waals surface area (Å²) in [4.78, 5) is 1.74. The third kappa shape index (κ3) is 2.40. The monoisotopic (exact) mass is 184 g/mol. The van der Waals surface area contributed by atoms with Gasteiger partial charge in [-0.2, -0.15) is 5.26 Å². The fourth-order valence-electron chi connectivity index (χ4n) is 0.600.